The first-order valence-corrected chi connectivity index (χ1v) is 8.19. The number of aromatic nitrogens is 3. The topological polar surface area (TPSA) is 130 Å². The largest absolute Gasteiger partial charge is 0.463 e. The highest BCUT2D eigenvalue weighted by Gasteiger charge is 2.64. The summed E-state index contributed by atoms with van der Waals surface area (Å²) in [6, 6.07) is 3.32. The number of nitrogens with two attached hydrogens (primary N) is 1. The Morgan fingerprint density at radius 3 is 2.88 bits per heavy atom. The Bertz CT molecular complexity index is 868. The highest BCUT2D eigenvalue weighted by molar-refractivity contribution is 5.66. The molecule has 2 aliphatic rings. The molecule has 4 rings (SSSR count). The van der Waals surface area contributed by atoms with Crippen LogP contribution in [0.1, 0.15) is 26.5 Å². The fourth-order valence-corrected chi connectivity index (χ4v) is 3.49. The molecule has 0 aromatic carbocycles. The first kappa shape index (κ1) is 17.2. The number of aliphatic hydroxyl groups is 1. The summed E-state index contributed by atoms with van der Waals surface area (Å²) in [5.41, 5.74) is 6.71. The van der Waals surface area contributed by atoms with Crippen LogP contribution < -0.4 is 5.73 Å². The van der Waals surface area contributed by atoms with Crippen molar-refractivity contribution >= 4 is 17.3 Å². The minimum atomic E-state index is -1.86. The van der Waals surface area contributed by atoms with E-state index in [-0.39, 0.29) is 12.4 Å². The van der Waals surface area contributed by atoms with Crippen molar-refractivity contribution in [2.24, 2.45) is 0 Å². The van der Waals surface area contributed by atoms with Crippen LogP contribution in [0, 0.1) is 0 Å². The molecule has 0 aliphatic carbocycles. The summed E-state index contributed by atoms with van der Waals surface area (Å²) < 4.78 is 24.1. The number of carbonyl (C=O) groups is 1. The maximum Gasteiger partial charge on any atom is 0.302 e. The standard InChI is InChI=1S/C16H20N4O6/c1-8(21)23-6-10-12-13(26-15(2,3)25-12)16(22,24-10)11-5-4-9-14(17)18-7-19-20(9)11/h4-5,7,10,12-13,22H,6H2,1-3H3,(H2,17,18,19)/t10-,12-,13-,16?/m1/s1. The van der Waals surface area contributed by atoms with E-state index in [9.17, 15) is 9.90 Å². The average Bonchev–Trinajstić information content (AvgIpc) is 3.19. The van der Waals surface area contributed by atoms with Crippen LogP contribution in [-0.4, -0.2) is 56.4 Å². The SMILES string of the molecule is CC(=O)OC[C@H]1OC(O)(c2ccc3c(N)ncnn23)[C@@H]2OC(C)(C)O[C@@H]21. The molecular weight excluding hydrogens is 344 g/mol. The molecule has 10 heteroatoms. The molecule has 0 bridgehead atoms. The number of hydrogen-bond donors (Lipinski definition) is 2. The molecule has 0 saturated carbocycles. The number of ether oxygens (including phenoxy) is 4. The molecule has 2 fully saturated rings. The lowest BCUT2D eigenvalue weighted by atomic mass is 10.0. The minimum Gasteiger partial charge on any atom is -0.463 e. The van der Waals surface area contributed by atoms with Crippen LogP contribution in [-0.2, 0) is 29.5 Å². The number of hydrogen-bond acceptors (Lipinski definition) is 9. The zero-order valence-electron chi connectivity index (χ0n) is 14.6. The summed E-state index contributed by atoms with van der Waals surface area (Å²) in [5, 5.41) is 15.5. The van der Waals surface area contributed by atoms with Gasteiger partial charge in [0, 0.05) is 6.92 Å². The van der Waals surface area contributed by atoms with Crippen LogP contribution in [0.2, 0.25) is 0 Å². The monoisotopic (exact) mass is 364 g/mol. The predicted molar refractivity (Wildman–Crippen MR) is 86.6 cm³/mol. The van der Waals surface area contributed by atoms with E-state index in [1.807, 2.05) is 0 Å². The third-order valence-corrected chi connectivity index (χ3v) is 4.51. The predicted octanol–water partition coefficient (Wildman–Crippen LogP) is -0.0614. The van der Waals surface area contributed by atoms with E-state index in [1.165, 1.54) is 17.8 Å². The number of esters is 1. The van der Waals surface area contributed by atoms with Gasteiger partial charge >= 0.3 is 5.97 Å². The van der Waals surface area contributed by atoms with Gasteiger partial charge in [-0.15, -0.1) is 0 Å². The Hall–Kier alpha value is -2.27. The Labute approximate surface area is 148 Å². The zero-order chi connectivity index (χ0) is 18.7. The first-order valence-electron chi connectivity index (χ1n) is 8.19. The quantitative estimate of drug-likeness (QED) is 0.719. The molecule has 2 aliphatic heterocycles. The smallest absolute Gasteiger partial charge is 0.302 e. The highest BCUT2D eigenvalue weighted by Crippen LogP contribution is 2.48. The lowest BCUT2D eigenvalue weighted by Crippen LogP contribution is -2.41. The molecule has 2 aromatic heterocycles. The second kappa shape index (κ2) is 5.61. The van der Waals surface area contributed by atoms with Gasteiger partial charge in [0.2, 0.25) is 5.79 Å². The van der Waals surface area contributed by atoms with Gasteiger partial charge in [0.25, 0.3) is 0 Å². The van der Waals surface area contributed by atoms with Crippen LogP contribution in [0.4, 0.5) is 5.82 Å². The molecule has 0 amide bonds. The summed E-state index contributed by atoms with van der Waals surface area (Å²) in [5.74, 6) is -2.98. The van der Waals surface area contributed by atoms with Crippen molar-refractivity contribution in [3.63, 3.8) is 0 Å². The lowest BCUT2D eigenvalue weighted by molar-refractivity contribution is -0.286. The second-order valence-corrected chi connectivity index (χ2v) is 6.84. The molecule has 1 unspecified atom stereocenters. The Kier molecular flexibility index (Phi) is 3.70. The van der Waals surface area contributed by atoms with E-state index >= 15 is 0 Å². The third kappa shape index (κ3) is 2.53. The van der Waals surface area contributed by atoms with Gasteiger partial charge in [-0.2, -0.15) is 5.10 Å². The molecular formula is C16H20N4O6. The fourth-order valence-electron chi connectivity index (χ4n) is 3.49. The lowest BCUT2D eigenvalue weighted by Gasteiger charge is -2.29. The molecule has 2 saturated heterocycles. The van der Waals surface area contributed by atoms with Crippen molar-refractivity contribution in [2.45, 2.75) is 50.7 Å². The summed E-state index contributed by atoms with van der Waals surface area (Å²) in [6.07, 6.45) is -0.889. The maximum absolute atomic E-state index is 11.4. The molecule has 140 valence electrons. The Balaban J connectivity index is 1.76. The van der Waals surface area contributed by atoms with Crippen LogP contribution in [0.5, 0.6) is 0 Å². The summed E-state index contributed by atoms with van der Waals surface area (Å²) in [4.78, 5) is 15.1. The van der Waals surface area contributed by atoms with Gasteiger partial charge in [0.05, 0.1) is 0 Å². The first-order chi connectivity index (χ1) is 12.2. The second-order valence-electron chi connectivity index (χ2n) is 6.84. The van der Waals surface area contributed by atoms with E-state index in [0.29, 0.717) is 11.2 Å². The van der Waals surface area contributed by atoms with Crippen molar-refractivity contribution in [1.82, 2.24) is 14.6 Å². The van der Waals surface area contributed by atoms with Gasteiger partial charge in [-0.3, -0.25) is 4.79 Å². The van der Waals surface area contributed by atoms with Gasteiger partial charge in [0.15, 0.2) is 11.6 Å². The van der Waals surface area contributed by atoms with E-state index in [1.54, 1.807) is 26.0 Å². The van der Waals surface area contributed by atoms with E-state index in [0.717, 1.165) is 0 Å². The minimum absolute atomic E-state index is 0.0708. The molecule has 26 heavy (non-hydrogen) atoms. The Morgan fingerprint density at radius 1 is 1.38 bits per heavy atom. The number of fused-ring (bicyclic) bond motifs is 2. The molecule has 2 aromatic rings. The summed E-state index contributed by atoms with van der Waals surface area (Å²) >= 11 is 0. The molecule has 4 atom stereocenters. The number of carbonyl (C=O) groups excluding carboxylic acids is 1. The Morgan fingerprint density at radius 2 is 2.15 bits per heavy atom. The summed E-state index contributed by atoms with van der Waals surface area (Å²) in [7, 11) is 0. The van der Waals surface area contributed by atoms with E-state index < -0.39 is 35.9 Å². The van der Waals surface area contributed by atoms with Gasteiger partial charge < -0.3 is 29.8 Å². The molecule has 10 nitrogen and oxygen atoms in total. The zero-order valence-corrected chi connectivity index (χ0v) is 14.6. The molecule has 0 radical (unpaired) electrons. The maximum atomic E-state index is 11.4. The van der Waals surface area contributed by atoms with Crippen LogP contribution in [0.3, 0.4) is 0 Å². The average molecular weight is 364 g/mol. The normalized spacial score (nSPS) is 32.7. The van der Waals surface area contributed by atoms with E-state index in [4.69, 9.17) is 24.7 Å². The van der Waals surface area contributed by atoms with Crippen molar-refractivity contribution in [1.29, 1.82) is 0 Å². The van der Waals surface area contributed by atoms with Crippen molar-refractivity contribution in [3.05, 3.63) is 24.2 Å². The van der Waals surface area contributed by atoms with Gasteiger partial charge in [0.1, 0.15) is 42.5 Å². The molecule has 4 heterocycles. The molecule has 3 N–H and O–H groups in total. The summed E-state index contributed by atoms with van der Waals surface area (Å²) in [6.45, 7) is 4.71. The number of rotatable bonds is 3. The van der Waals surface area contributed by atoms with Gasteiger partial charge in [-0.25, -0.2) is 9.50 Å². The number of nitrogen functional groups attached to an aromatic ring is 1. The fraction of sp³-hybridized carbons (Fsp3) is 0.562. The third-order valence-electron chi connectivity index (χ3n) is 4.51. The van der Waals surface area contributed by atoms with Crippen molar-refractivity contribution < 1.29 is 28.8 Å². The van der Waals surface area contributed by atoms with Gasteiger partial charge in [-0.05, 0) is 26.0 Å². The van der Waals surface area contributed by atoms with E-state index in [2.05, 4.69) is 10.1 Å². The van der Waals surface area contributed by atoms with Crippen molar-refractivity contribution in [3.8, 4) is 0 Å². The van der Waals surface area contributed by atoms with Gasteiger partial charge in [-0.1, -0.05) is 0 Å². The van der Waals surface area contributed by atoms with Crippen LogP contribution >= 0.6 is 0 Å². The molecule has 0 spiro atoms. The number of nitrogens with zero attached hydrogens (tertiary/aromatic N) is 3. The van der Waals surface area contributed by atoms with Crippen molar-refractivity contribution in [2.75, 3.05) is 12.3 Å². The highest BCUT2D eigenvalue weighted by atomic mass is 16.8. The number of anilines is 1. The van der Waals surface area contributed by atoms with Crippen LogP contribution in [0.25, 0.3) is 5.52 Å². The van der Waals surface area contributed by atoms with Crippen LogP contribution in [0.15, 0.2) is 18.5 Å².